The molecule has 0 amide bonds. The largest absolute Gasteiger partial charge is 0.307 e. The van der Waals surface area contributed by atoms with E-state index < -0.39 is 0 Å². The van der Waals surface area contributed by atoms with Gasteiger partial charge in [0.2, 0.25) is 0 Å². The van der Waals surface area contributed by atoms with Gasteiger partial charge in [-0.2, -0.15) is 0 Å². The van der Waals surface area contributed by atoms with Gasteiger partial charge in [0.1, 0.15) is 6.61 Å². The van der Waals surface area contributed by atoms with Gasteiger partial charge < -0.3 is 9.88 Å². The van der Waals surface area contributed by atoms with Crippen LogP contribution in [-0.4, -0.2) is 16.2 Å². The standard InChI is InChI=1S/C14H17N3O2/c1-2-18-19-9-12-14-8-15-7-11-5-3-4-6-13(11)17(14)10-16-12/h3-6,10,15H,2,7-9H2,1H3. The van der Waals surface area contributed by atoms with Crippen molar-refractivity contribution in [3.8, 4) is 5.69 Å². The van der Waals surface area contributed by atoms with Crippen LogP contribution in [0.1, 0.15) is 23.9 Å². The van der Waals surface area contributed by atoms with Gasteiger partial charge in [0.05, 0.1) is 30.0 Å². The van der Waals surface area contributed by atoms with Crippen LogP contribution in [0.3, 0.4) is 0 Å². The molecule has 0 atom stereocenters. The molecule has 100 valence electrons. The Kier molecular flexibility index (Phi) is 3.59. The van der Waals surface area contributed by atoms with Gasteiger partial charge in [0.25, 0.3) is 0 Å². The highest BCUT2D eigenvalue weighted by molar-refractivity contribution is 5.44. The summed E-state index contributed by atoms with van der Waals surface area (Å²) in [5.41, 5.74) is 4.50. The highest BCUT2D eigenvalue weighted by atomic mass is 17.2. The van der Waals surface area contributed by atoms with Crippen molar-refractivity contribution in [2.24, 2.45) is 0 Å². The van der Waals surface area contributed by atoms with Crippen LogP contribution >= 0.6 is 0 Å². The summed E-state index contributed by atoms with van der Waals surface area (Å²) in [6, 6.07) is 8.35. The molecule has 19 heavy (non-hydrogen) atoms. The number of fused-ring (bicyclic) bond motifs is 3. The molecule has 0 fully saturated rings. The molecular formula is C14H17N3O2. The number of benzene rings is 1. The first-order valence-corrected chi connectivity index (χ1v) is 6.48. The van der Waals surface area contributed by atoms with E-state index in [1.807, 2.05) is 19.3 Å². The number of aromatic nitrogens is 2. The summed E-state index contributed by atoms with van der Waals surface area (Å²) in [6.45, 7) is 4.45. The van der Waals surface area contributed by atoms with Crippen LogP contribution < -0.4 is 5.32 Å². The van der Waals surface area contributed by atoms with E-state index in [2.05, 4.69) is 33.1 Å². The van der Waals surface area contributed by atoms with Crippen molar-refractivity contribution >= 4 is 0 Å². The Morgan fingerprint density at radius 1 is 1.26 bits per heavy atom. The van der Waals surface area contributed by atoms with Crippen LogP contribution in [0.15, 0.2) is 30.6 Å². The van der Waals surface area contributed by atoms with Gasteiger partial charge in [-0.3, -0.25) is 0 Å². The number of imidazole rings is 1. The second-order valence-corrected chi connectivity index (χ2v) is 4.41. The Bertz CT molecular complexity index is 566. The smallest absolute Gasteiger partial charge is 0.126 e. The zero-order valence-corrected chi connectivity index (χ0v) is 10.9. The molecule has 3 rings (SSSR count). The van der Waals surface area contributed by atoms with Crippen LogP contribution in [0.25, 0.3) is 5.69 Å². The van der Waals surface area contributed by atoms with Crippen molar-refractivity contribution < 1.29 is 9.78 Å². The third kappa shape index (κ3) is 2.40. The molecule has 0 bridgehead atoms. The van der Waals surface area contributed by atoms with Gasteiger partial charge in [-0.05, 0) is 18.6 Å². The molecule has 1 aromatic heterocycles. The minimum absolute atomic E-state index is 0.375. The lowest BCUT2D eigenvalue weighted by Gasteiger charge is -2.08. The lowest BCUT2D eigenvalue weighted by molar-refractivity contribution is -0.301. The van der Waals surface area contributed by atoms with Gasteiger partial charge in [0.15, 0.2) is 0 Å². The molecule has 1 aliphatic heterocycles. The first-order valence-electron chi connectivity index (χ1n) is 6.48. The normalized spacial score (nSPS) is 13.7. The van der Waals surface area contributed by atoms with E-state index >= 15 is 0 Å². The molecule has 2 aromatic rings. The van der Waals surface area contributed by atoms with Crippen LogP contribution in [0.2, 0.25) is 0 Å². The molecule has 1 N–H and O–H groups in total. The summed E-state index contributed by atoms with van der Waals surface area (Å²) < 4.78 is 2.12. The fraction of sp³-hybridized carbons (Fsp3) is 0.357. The average molecular weight is 259 g/mol. The molecule has 0 unspecified atom stereocenters. The van der Waals surface area contributed by atoms with Crippen LogP contribution in [0.5, 0.6) is 0 Å². The Morgan fingerprint density at radius 2 is 2.16 bits per heavy atom. The molecule has 0 spiro atoms. The molecule has 0 aliphatic carbocycles. The van der Waals surface area contributed by atoms with Crippen molar-refractivity contribution in [2.75, 3.05) is 6.61 Å². The first-order chi connectivity index (χ1) is 9.40. The van der Waals surface area contributed by atoms with Gasteiger partial charge in [-0.25, -0.2) is 14.8 Å². The van der Waals surface area contributed by atoms with Gasteiger partial charge in [-0.1, -0.05) is 18.2 Å². The summed E-state index contributed by atoms with van der Waals surface area (Å²) in [6.07, 6.45) is 1.85. The topological polar surface area (TPSA) is 48.3 Å². The van der Waals surface area contributed by atoms with E-state index in [1.54, 1.807) is 0 Å². The Hall–Kier alpha value is -1.69. The summed E-state index contributed by atoms with van der Waals surface area (Å²) >= 11 is 0. The second-order valence-electron chi connectivity index (χ2n) is 4.41. The van der Waals surface area contributed by atoms with Crippen LogP contribution in [0.4, 0.5) is 0 Å². The van der Waals surface area contributed by atoms with E-state index in [9.17, 15) is 0 Å². The molecule has 1 aromatic carbocycles. The lowest BCUT2D eigenvalue weighted by atomic mass is 10.2. The van der Waals surface area contributed by atoms with Gasteiger partial charge in [-0.15, -0.1) is 0 Å². The maximum Gasteiger partial charge on any atom is 0.126 e. The Labute approximate surface area is 112 Å². The summed E-state index contributed by atoms with van der Waals surface area (Å²) in [5.74, 6) is 0. The van der Waals surface area contributed by atoms with Crippen molar-refractivity contribution in [3.63, 3.8) is 0 Å². The number of rotatable bonds is 4. The zero-order chi connectivity index (χ0) is 13.1. The number of nitrogens with zero attached hydrogens (tertiary/aromatic N) is 2. The predicted molar refractivity (Wildman–Crippen MR) is 70.5 cm³/mol. The second kappa shape index (κ2) is 5.52. The highest BCUT2D eigenvalue weighted by Crippen LogP contribution is 2.22. The fourth-order valence-electron chi connectivity index (χ4n) is 2.32. The third-order valence-electron chi connectivity index (χ3n) is 3.21. The van der Waals surface area contributed by atoms with Crippen LogP contribution in [0, 0.1) is 0 Å². The predicted octanol–water partition coefficient (Wildman–Crippen LogP) is 1.94. The Morgan fingerprint density at radius 3 is 3.05 bits per heavy atom. The monoisotopic (exact) mass is 259 g/mol. The summed E-state index contributed by atoms with van der Waals surface area (Å²) in [5, 5.41) is 3.42. The first kappa shape index (κ1) is 12.3. The molecule has 0 saturated carbocycles. The van der Waals surface area contributed by atoms with E-state index in [0.717, 1.165) is 24.5 Å². The summed E-state index contributed by atoms with van der Waals surface area (Å²) in [4.78, 5) is 14.5. The average Bonchev–Trinajstić information content (AvgIpc) is 2.74. The van der Waals surface area contributed by atoms with Crippen molar-refractivity contribution in [1.82, 2.24) is 14.9 Å². The molecule has 5 nitrogen and oxygen atoms in total. The van der Waals surface area contributed by atoms with E-state index in [1.165, 1.54) is 11.3 Å². The number of para-hydroxylation sites is 1. The zero-order valence-electron chi connectivity index (χ0n) is 10.9. The summed E-state index contributed by atoms with van der Waals surface area (Å²) in [7, 11) is 0. The maximum absolute atomic E-state index is 5.12. The van der Waals surface area contributed by atoms with Crippen molar-refractivity contribution in [3.05, 3.63) is 47.5 Å². The lowest BCUT2D eigenvalue weighted by Crippen LogP contribution is -2.12. The molecule has 2 heterocycles. The van der Waals surface area contributed by atoms with Crippen LogP contribution in [-0.2, 0) is 29.5 Å². The minimum Gasteiger partial charge on any atom is -0.307 e. The SMILES string of the molecule is CCOOCc1ncn2c1CNCc1ccccc1-2. The van der Waals surface area contributed by atoms with Gasteiger partial charge >= 0.3 is 0 Å². The maximum atomic E-state index is 5.12. The third-order valence-corrected chi connectivity index (χ3v) is 3.21. The van der Waals surface area contributed by atoms with Crippen molar-refractivity contribution in [1.29, 1.82) is 0 Å². The highest BCUT2D eigenvalue weighted by Gasteiger charge is 2.17. The molecule has 1 aliphatic rings. The number of nitrogens with one attached hydrogen (secondary N) is 1. The minimum atomic E-state index is 0.375. The molecule has 0 radical (unpaired) electrons. The van der Waals surface area contributed by atoms with E-state index in [0.29, 0.717) is 13.2 Å². The molecule has 0 saturated heterocycles. The fourth-order valence-corrected chi connectivity index (χ4v) is 2.32. The van der Waals surface area contributed by atoms with E-state index in [-0.39, 0.29) is 0 Å². The number of hydrogen-bond donors (Lipinski definition) is 1. The Balaban J connectivity index is 1.93. The number of hydrogen-bond acceptors (Lipinski definition) is 4. The quantitative estimate of drug-likeness (QED) is 0.518. The van der Waals surface area contributed by atoms with Gasteiger partial charge in [0, 0.05) is 13.1 Å². The molecular weight excluding hydrogens is 242 g/mol. The van der Waals surface area contributed by atoms with E-state index in [4.69, 9.17) is 9.78 Å². The van der Waals surface area contributed by atoms with Crippen molar-refractivity contribution in [2.45, 2.75) is 26.6 Å². The molecule has 5 heteroatoms.